The zero-order chi connectivity index (χ0) is 18.0. The number of methoxy groups -OCH3 is 2. The Bertz CT molecular complexity index is 544. The molecule has 1 rings (SSSR count). The molecular weight excluding hydrogens is 308 g/mol. The van der Waals surface area contributed by atoms with Gasteiger partial charge in [-0.2, -0.15) is 0 Å². The second-order valence-electron chi connectivity index (χ2n) is 6.08. The van der Waals surface area contributed by atoms with Crippen LogP contribution < -0.4 is 15.4 Å². The molecule has 0 aliphatic heterocycles. The van der Waals surface area contributed by atoms with Gasteiger partial charge in [0, 0.05) is 26.8 Å². The third-order valence-electron chi connectivity index (χ3n) is 3.78. The third kappa shape index (κ3) is 6.20. The molecule has 2 N–H and O–H groups in total. The number of rotatable bonds is 10. The molecule has 24 heavy (non-hydrogen) atoms. The van der Waals surface area contributed by atoms with Crippen molar-refractivity contribution in [3.05, 3.63) is 29.8 Å². The molecular formula is C18H28N2O4. The topological polar surface area (TPSA) is 76.7 Å². The van der Waals surface area contributed by atoms with Crippen LogP contribution in [-0.4, -0.2) is 45.7 Å². The van der Waals surface area contributed by atoms with Gasteiger partial charge in [0.2, 0.25) is 11.8 Å². The van der Waals surface area contributed by atoms with Crippen molar-refractivity contribution < 1.29 is 19.1 Å². The second-order valence-corrected chi connectivity index (χ2v) is 6.08. The van der Waals surface area contributed by atoms with E-state index in [1.54, 1.807) is 28.1 Å². The Hall–Kier alpha value is -2.08. The van der Waals surface area contributed by atoms with Gasteiger partial charge in [-0.15, -0.1) is 0 Å². The van der Waals surface area contributed by atoms with Crippen molar-refractivity contribution in [1.82, 2.24) is 10.6 Å². The van der Waals surface area contributed by atoms with Crippen molar-refractivity contribution in [3.63, 3.8) is 0 Å². The Morgan fingerprint density at radius 1 is 1.08 bits per heavy atom. The highest BCUT2D eigenvalue weighted by Crippen LogP contribution is 2.16. The van der Waals surface area contributed by atoms with Crippen LogP contribution in [0.4, 0.5) is 0 Å². The molecule has 6 nitrogen and oxygen atoms in total. The summed E-state index contributed by atoms with van der Waals surface area (Å²) in [5, 5.41) is 5.59. The Labute approximate surface area is 143 Å². The summed E-state index contributed by atoms with van der Waals surface area (Å²) in [7, 11) is 3.23. The van der Waals surface area contributed by atoms with Gasteiger partial charge < -0.3 is 20.1 Å². The van der Waals surface area contributed by atoms with Gasteiger partial charge >= 0.3 is 0 Å². The van der Waals surface area contributed by atoms with Crippen LogP contribution in [0.25, 0.3) is 0 Å². The molecule has 0 atom stereocenters. The Balaban J connectivity index is 2.42. The highest BCUT2D eigenvalue weighted by atomic mass is 16.5. The number of ether oxygens (including phenoxy) is 2. The maximum Gasteiger partial charge on any atom is 0.235 e. The van der Waals surface area contributed by atoms with Gasteiger partial charge in [-0.05, 0) is 44.4 Å². The van der Waals surface area contributed by atoms with Gasteiger partial charge in [0.25, 0.3) is 0 Å². The molecule has 2 amide bonds. The normalized spacial score (nSPS) is 11.0. The Kier molecular flexibility index (Phi) is 8.26. The average molecular weight is 336 g/mol. The molecule has 0 aliphatic carbocycles. The lowest BCUT2D eigenvalue weighted by atomic mass is 9.91. The van der Waals surface area contributed by atoms with Crippen molar-refractivity contribution >= 4 is 11.8 Å². The first-order valence-electron chi connectivity index (χ1n) is 8.10. The van der Waals surface area contributed by atoms with E-state index in [-0.39, 0.29) is 11.8 Å². The highest BCUT2D eigenvalue weighted by molar-refractivity contribution is 6.04. The van der Waals surface area contributed by atoms with E-state index in [4.69, 9.17) is 9.47 Å². The van der Waals surface area contributed by atoms with Crippen LogP contribution in [0.2, 0.25) is 0 Å². The summed E-state index contributed by atoms with van der Waals surface area (Å²) >= 11 is 0. The summed E-state index contributed by atoms with van der Waals surface area (Å²) in [5.74, 6) is 0.224. The first kappa shape index (κ1) is 20.0. The molecule has 1 aromatic carbocycles. The number of benzene rings is 1. The lowest BCUT2D eigenvalue weighted by Gasteiger charge is -2.22. The van der Waals surface area contributed by atoms with Crippen LogP contribution in [0, 0.1) is 5.41 Å². The summed E-state index contributed by atoms with van der Waals surface area (Å²) < 4.78 is 10.1. The molecule has 0 radical (unpaired) electrons. The third-order valence-corrected chi connectivity index (χ3v) is 3.78. The lowest BCUT2D eigenvalue weighted by Crippen LogP contribution is -2.48. The van der Waals surface area contributed by atoms with E-state index < -0.39 is 5.41 Å². The fourth-order valence-electron chi connectivity index (χ4n) is 2.11. The fourth-order valence-corrected chi connectivity index (χ4v) is 2.11. The van der Waals surface area contributed by atoms with Crippen LogP contribution in [0.3, 0.4) is 0 Å². The molecule has 0 saturated carbocycles. The summed E-state index contributed by atoms with van der Waals surface area (Å²) in [5.41, 5.74) is -0.0435. The predicted octanol–water partition coefficient (Wildman–Crippen LogP) is 1.53. The first-order chi connectivity index (χ1) is 11.4. The van der Waals surface area contributed by atoms with Crippen molar-refractivity contribution in [3.8, 4) is 5.75 Å². The van der Waals surface area contributed by atoms with Gasteiger partial charge in [-0.25, -0.2) is 0 Å². The van der Waals surface area contributed by atoms with E-state index in [0.29, 0.717) is 26.1 Å². The minimum absolute atomic E-state index is 0.280. The SMILES string of the molecule is COCCCNC(=O)C(C)(C)C(=O)NCCc1cccc(OC)c1. The molecule has 0 saturated heterocycles. The first-order valence-corrected chi connectivity index (χ1v) is 8.10. The Morgan fingerprint density at radius 3 is 2.38 bits per heavy atom. The molecule has 0 fully saturated rings. The lowest BCUT2D eigenvalue weighted by molar-refractivity contribution is -0.141. The van der Waals surface area contributed by atoms with Gasteiger partial charge in [0.05, 0.1) is 7.11 Å². The molecule has 0 bridgehead atoms. The van der Waals surface area contributed by atoms with Crippen LogP contribution in [0.15, 0.2) is 24.3 Å². The summed E-state index contributed by atoms with van der Waals surface area (Å²) in [4.78, 5) is 24.4. The number of carbonyl (C=O) groups is 2. The highest BCUT2D eigenvalue weighted by Gasteiger charge is 2.35. The van der Waals surface area contributed by atoms with Gasteiger partial charge in [-0.1, -0.05) is 12.1 Å². The molecule has 0 heterocycles. The number of carbonyl (C=O) groups excluding carboxylic acids is 2. The molecule has 0 spiro atoms. The number of nitrogens with one attached hydrogen (secondary N) is 2. The van der Waals surface area contributed by atoms with Crippen molar-refractivity contribution in [1.29, 1.82) is 0 Å². The van der Waals surface area contributed by atoms with E-state index in [1.165, 1.54) is 0 Å². The molecule has 1 aromatic rings. The van der Waals surface area contributed by atoms with E-state index >= 15 is 0 Å². The molecule has 6 heteroatoms. The van der Waals surface area contributed by atoms with E-state index in [0.717, 1.165) is 17.7 Å². The molecule has 0 aliphatic rings. The predicted molar refractivity (Wildman–Crippen MR) is 93.0 cm³/mol. The Morgan fingerprint density at radius 2 is 1.75 bits per heavy atom. The van der Waals surface area contributed by atoms with Crippen LogP contribution in [-0.2, 0) is 20.7 Å². The number of amides is 2. The monoisotopic (exact) mass is 336 g/mol. The van der Waals surface area contributed by atoms with E-state index in [2.05, 4.69) is 10.6 Å². The minimum atomic E-state index is -1.11. The smallest absolute Gasteiger partial charge is 0.235 e. The standard InChI is InChI=1S/C18H28N2O4/c1-18(2,16(21)19-10-6-12-23-3)17(22)20-11-9-14-7-5-8-15(13-14)24-4/h5,7-8,13H,6,9-12H2,1-4H3,(H,19,21)(H,20,22). The van der Waals surface area contributed by atoms with Crippen LogP contribution in [0.1, 0.15) is 25.8 Å². The van der Waals surface area contributed by atoms with Crippen molar-refractivity contribution in [2.45, 2.75) is 26.7 Å². The minimum Gasteiger partial charge on any atom is -0.497 e. The second kappa shape index (κ2) is 9.93. The van der Waals surface area contributed by atoms with Crippen molar-refractivity contribution in [2.75, 3.05) is 33.9 Å². The largest absolute Gasteiger partial charge is 0.497 e. The maximum atomic E-state index is 12.3. The summed E-state index contributed by atoms with van der Waals surface area (Å²) in [6.07, 6.45) is 1.39. The summed E-state index contributed by atoms with van der Waals surface area (Å²) in [6, 6.07) is 7.69. The molecule has 0 aromatic heterocycles. The van der Waals surface area contributed by atoms with Crippen LogP contribution >= 0.6 is 0 Å². The zero-order valence-electron chi connectivity index (χ0n) is 15.0. The zero-order valence-corrected chi connectivity index (χ0v) is 15.0. The maximum absolute atomic E-state index is 12.3. The van der Waals surface area contributed by atoms with Crippen LogP contribution in [0.5, 0.6) is 5.75 Å². The quantitative estimate of drug-likeness (QED) is 0.502. The number of hydrogen-bond acceptors (Lipinski definition) is 4. The van der Waals surface area contributed by atoms with Gasteiger partial charge in [0.15, 0.2) is 0 Å². The average Bonchev–Trinajstić information content (AvgIpc) is 2.58. The fraction of sp³-hybridized carbons (Fsp3) is 0.556. The molecule has 134 valence electrons. The number of hydrogen-bond donors (Lipinski definition) is 2. The van der Waals surface area contributed by atoms with E-state index in [9.17, 15) is 9.59 Å². The van der Waals surface area contributed by atoms with Gasteiger partial charge in [-0.3, -0.25) is 9.59 Å². The van der Waals surface area contributed by atoms with Gasteiger partial charge in [0.1, 0.15) is 11.2 Å². The summed E-state index contributed by atoms with van der Waals surface area (Å²) in [6.45, 7) is 4.78. The molecule has 0 unspecified atom stereocenters. The van der Waals surface area contributed by atoms with Crippen molar-refractivity contribution in [2.24, 2.45) is 5.41 Å². The van der Waals surface area contributed by atoms with E-state index in [1.807, 2.05) is 24.3 Å².